The number of aryl methyl sites for hydroxylation is 3. The van der Waals surface area contributed by atoms with E-state index < -0.39 is 5.97 Å². The Balaban J connectivity index is 2.13. The van der Waals surface area contributed by atoms with E-state index in [0.29, 0.717) is 0 Å². The van der Waals surface area contributed by atoms with Gasteiger partial charge in [-0.3, -0.25) is 0 Å². The molecule has 3 atom stereocenters. The molecule has 0 radical (unpaired) electrons. The summed E-state index contributed by atoms with van der Waals surface area (Å²) in [6.45, 7) is 10.2. The number of anilines is 1. The molecule has 2 N–H and O–H groups in total. The van der Waals surface area contributed by atoms with Crippen molar-refractivity contribution in [2.75, 3.05) is 5.32 Å². The first kappa shape index (κ1) is 22.8. The van der Waals surface area contributed by atoms with E-state index in [1.807, 2.05) is 0 Å². The molecule has 2 aromatic rings. The van der Waals surface area contributed by atoms with Gasteiger partial charge < -0.3 is 0 Å². The maximum atomic E-state index is 11.0. The van der Waals surface area contributed by atoms with Gasteiger partial charge in [0.25, 0.3) is 0 Å². The zero-order chi connectivity index (χ0) is 20.8. The fraction of sp³-hybridized carbons (Fsp3) is 0.435. The van der Waals surface area contributed by atoms with Crippen LogP contribution >= 0.6 is 11.6 Å². The van der Waals surface area contributed by atoms with E-state index in [9.17, 15) is 4.79 Å². The van der Waals surface area contributed by atoms with Crippen LogP contribution in [0.4, 0.5) is 5.69 Å². The summed E-state index contributed by atoms with van der Waals surface area (Å²) in [5.74, 6) is -0.919. The molecular formula is C23H31AsClNO2. The summed E-state index contributed by atoms with van der Waals surface area (Å²) in [6, 6.07) is 11.1. The van der Waals surface area contributed by atoms with E-state index >= 15 is 0 Å². The summed E-state index contributed by atoms with van der Waals surface area (Å²) in [5, 5.41) is 15.4. The normalized spacial score (nSPS) is 13.6. The number of benzene rings is 2. The van der Waals surface area contributed by atoms with Crippen molar-refractivity contribution in [2.24, 2.45) is 5.92 Å². The van der Waals surface area contributed by atoms with Crippen LogP contribution in [0.15, 0.2) is 30.3 Å². The summed E-state index contributed by atoms with van der Waals surface area (Å²) >= 11 is 6.03. The topological polar surface area (TPSA) is 49.3 Å². The number of carboxylic acid groups (broad SMARTS) is 1. The molecule has 3 nitrogen and oxygen atoms in total. The number of rotatable bonds is 9. The summed E-state index contributed by atoms with van der Waals surface area (Å²) in [5.41, 5.74) is 7.21. The van der Waals surface area contributed by atoms with Gasteiger partial charge in [-0.15, -0.1) is 0 Å². The second-order valence-corrected chi connectivity index (χ2v) is 10.6. The molecule has 0 amide bonds. The van der Waals surface area contributed by atoms with Gasteiger partial charge in [0.2, 0.25) is 0 Å². The van der Waals surface area contributed by atoms with Gasteiger partial charge in [0.1, 0.15) is 0 Å². The molecule has 5 heteroatoms. The molecule has 2 aromatic carbocycles. The Kier molecular flexibility index (Phi) is 8.46. The molecule has 0 saturated heterocycles. The van der Waals surface area contributed by atoms with Crippen molar-refractivity contribution >= 4 is 39.0 Å². The number of carbonyl (C=O) groups is 1. The second kappa shape index (κ2) is 10.4. The van der Waals surface area contributed by atoms with E-state index in [0.717, 1.165) is 38.7 Å². The van der Waals surface area contributed by atoms with Crippen LogP contribution < -0.4 is 5.32 Å². The third-order valence-corrected chi connectivity index (χ3v) is 8.96. The second-order valence-electron chi connectivity index (χ2n) is 7.59. The third-order valence-electron chi connectivity index (χ3n) is 5.15. The number of aliphatic carboxylic acids is 1. The monoisotopic (exact) mass is 463 g/mol. The molecular weight excluding hydrogens is 433 g/mol. The summed E-state index contributed by atoms with van der Waals surface area (Å²) in [7, 11) is 0. The van der Waals surface area contributed by atoms with E-state index in [-0.39, 0.29) is 27.7 Å². The molecule has 0 spiro atoms. The fourth-order valence-corrected chi connectivity index (χ4v) is 6.32. The van der Waals surface area contributed by atoms with Crippen molar-refractivity contribution in [2.45, 2.75) is 57.5 Å². The Morgan fingerprint density at radius 3 is 2.36 bits per heavy atom. The molecule has 28 heavy (non-hydrogen) atoms. The van der Waals surface area contributed by atoms with Gasteiger partial charge in [0.15, 0.2) is 0 Å². The number of hydrogen-bond acceptors (Lipinski definition) is 2. The molecule has 0 heterocycles. The molecule has 3 unspecified atom stereocenters. The van der Waals surface area contributed by atoms with Gasteiger partial charge in [0.05, 0.1) is 0 Å². The van der Waals surface area contributed by atoms with Gasteiger partial charge >= 0.3 is 181 Å². The molecule has 2 rings (SSSR count). The third kappa shape index (κ3) is 6.03. The number of hydrogen-bond donors (Lipinski definition) is 2. The average molecular weight is 464 g/mol. The quantitative estimate of drug-likeness (QED) is 0.455. The van der Waals surface area contributed by atoms with Crippen LogP contribution in [-0.4, -0.2) is 26.8 Å². The van der Waals surface area contributed by atoms with Gasteiger partial charge in [-0.2, -0.15) is 0 Å². The Morgan fingerprint density at radius 2 is 1.79 bits per heavy atom. The molecule has 152 valence electrons. The first-order valence-electron chi connectivity index (χ1n) is 9.79. The van der Waals surface area contributed by atoms with E-state index in [4.69, 9.17) is 16.7 Å². The molecule has 0 aromatic heterocycles. The number of carboxylic acids is 1. The van der Waals surface area contributed by atoms with Crippen LogP contribution in [-0.2, 0) is 10.0 Å². The molecule has 0 fully saturated rings. The van der Waals surface area contributed by atoms with Crippen LogP contribution in [0, 0.1) is 26.7 Å². The molecule has 0 aliphatic rings. The summed E-state index contributed by atoms with van der Waals surface area (Å²) in [6.07, 6.45) is 0.980. The zero-order valence-electron chi connectivity index (χ0n) is 17.4. The molecule has 0 bridgehead atoms. The summed E-state index contributed by atoms with van der Waals surface area (Å²) < 4.78 is 0. The zero-order valence-corrected chi connectivity index (χ0v) is 20.3. The van der Waals surface area contributed by atoms with Crippen molar-refractivity contribution in [3.05, 3.63) is 63.2 Å². The standard InChI is InChI=1S/C23H31AsClNO2/c1-6-21(18-9-15(3)22(25)16(4)10-18)26-20-8-7-14(2)19(11-20)13-24-12-17(5)23(27)28/h7-11,17,21,24,26H,6,12-13H2,1-5H3,(H,27,28). The Labute approximate surface area is 180 Å². The first-order valence-corrected chi connectivity index (χ1v) is 13.1. The molecule has 0 aliphatic carbocycles. The van der Waals surface area contributed by atoms with Gasteiger partial charge in [0, 0.05) is 0 Å². The predicted molar refractivity (Wildman–Crippen MR) is 121 cm³/mol. The maximum absolute atomic E-state index is 11.0. The minimum absolute atomic E-state index is 0.230. The van der Waals surface area contributed by atoms with Gasteiger partial charge in [-0.1, -0.05) is 0 Å². The minimum atomic E-state index is -0.685. The Hall–Kier alpha value is -1.44. The van der Waals surface area contributed by atoms with Crippen LogP contribution in [0.3, 0.4) is 0 Å². The van der Waals surface area contributed by atoms with Crippen molar-refractivity contribution in [3.63, 3.8) is 0 Å². The van der Waals surface area contributed by atoms with Crippen LogP contribution in [0.5, 0.6) is 0 Å². The van der Waals surface area contributed by atoms with Crippen molar-refractivity contribution in [3.8, 4) is 0 Å². The van der Waals surface area contributed by atoms with Crippen molar-refractivity contribution in [1.82, 2.24) is 0 Å². The van der Waals surface area contributed by atoms with Gasteiger partial charge in [-0.05, 0) is 0 Å². The summed E-state index contributed by atoms with van der Waals surface area (Å²) in [4.78, 5) is 11.0. The fourth-order valence-electron chi connectivity index (χ4n) is 3.27. The van der Waals surface area contributed by atoms with E-state index in [1.54, 1.807) is 6.92 Å². The van der Waals surface area contributed by atoms with E-state index in [1.165, 1.54) is 16.7 Å². The first-order chi connectivity index (χ1) is 13.2. The van der Waals surface area contributed by atoms with Crippen molar-refractivity contribution < 1.29 is 9.90 Å². The van der Waals surface area contributed by atoms with E-state index in [2.05, 4.69) is 63.3 Å². The van der Waals surface area contributed by atoms with Gasteiger partial charge in [-0.25, -0.2) is 0 Å². The van der Waals surface area contributed by atoms with Crippen LogP contribution in [0.1, 0.15) is 54.1 Å². The Morgan fingerprint density at radius 1 is 1.14 bits per heavy atom. The Bertz CT molecular complexity index is 814. The molecule has 0 aliphatic heterocycles. The van der Waals surface area contributed by atoms with Crippen LogP contribution in [0.25, 0.3) is 0 Å². The van der Waals surface area contributed by atoms with Crippen molar-refractivity contribution in [1.29, 1.82) is 0 Å². The molecule has 0 saturated carbocycles. The SMILES string of the molecule is CCC(Nc1ccc(C)c(C[AsH]CC(C)C(=O)O)c1)c1cc(C)c(Cl)c(C)c1. The average Bonchev–Trinajstić information content (AvgIpc) is 2.65. The number of halogens is 1. The number of nitrogens with one attached hydrogen (secondary N) is 1. The van der Waals surface area contributed by atoms with Crippen LogP contribution in [0.2, 0.25) is 10.2 Å². The predicted octanol–water partition coefficient (Wildman–Crippen LogP) is 5.90.